The number of anilines is 1. The molecule has 1 unspecified atom stereocenters. The first-order valence-corrected chi connectivity index (χ1v) is 8.90. The van der Waals surface area contributed by atoms with Crippen LogP contribution in [0.4, 0.5) is 5.69 Å². The molecule has 0 aliphatic carbocycles. The highest BCUT2D eigenvalue weighted by Gasteiger charge is 2.23. The molecule has 1 N–H and O–H groups in total. The topological polar surface area (TPSA) is 24.5 Å². The monoisotopic (exact) mass is 332 g/mol. The minimum absolute atomic E-state index is 0.150. The molecule has 0 aromatic heterocycles. The van der Waals surface area contributed by atoms with Gasteiger partial charge < -0.3 is 15.0 Å². The van der Waals surface area contributed by atoms with Crippen LogP contribution in [0.1, 0.15) is 18.5 Å². The van der Waals surface area contributed by atoms with Crippen molar-refractivity contribution in [2.75, 3.05) is 25.0 Å². The van der Waals surface area contributed by atoms with E-state index in [1.807, 2.05) is 12.1 Å². The predicted molar refractivity (Wildman–Crippen MR) is 104 cm³/mol. The minimum Gasteiger partial charge on any atom is -0.485 e. The fourth-order valence-corrected chi connectivity index (χ4v) is 3.65. The Bertz CT molecular complexity index is 871. The van der Waals surface area contributed by atoms with Crippen molar-refractivity contribution >= 4 is 16.5 Å². The van der Waals surface area contributed by atoms with Crippen LogP contribution in [0, 0.1) is 0 Å². The van der Waals surface area contributed by atoms with Crippen molar-refractivity contribution in [3.8, 4) is 5.75 Å². The number of para-hydroxylation sites is 2. The van der Waals surface area contributed by atoms with Crippen LogP contribution in [0.25, 0.3) is 10.8 Å². The van der Waals surface area contributed by atoms with E-state index in [1.165, 1.54) is 22.0 Å². The van der Waals surface area contributed by atoms with Gasteiger partial charge in [0.2, 0.25) is 0 Å². The average Bonchev–Trinajstić information content (AvgIpc) is 2.66. The predicted octanol–water partition coefficient (Wildman–Crippen LogP) is 4.39. The molecule has 1 heterocycles. The molecule has 3 aromatic carbocycles. The van der Waals surface area contributed by atoms with E-state index >= 15 is 0 Å². The third-order valence-electron chi connectivity index (χ3n) is 4.99. The Labute approximate surface area is 149 Å². The lowest BCUT2D eigenvalue weighted by atomic mass is 9.99. The lowest BCUT2D eigenvalue weighted by molar-refractivity contribution is 0.188. The summed E-state index contributed by atoms with van der Waals surface area (Å²) in [6.45, 7) is 3.94. The molecule has 128 valence electrons. The van der Waals surface area contributed by atoms with E-state index in [0.29, 0.717) is 0 Å². The zero-order chi connectivity index (χ0) is 17.2. The second-order valence-corrected chi connectivity index (χ2v) is 6.79. The van der Waals surface area contributed by atoms with Gasteiger partial charge in [0, 0.05) is 19.6 Å². The van der Waals surface area contributed by atoms with Gasteiger partial charge in [0.25, 0.3) is 0 Å². The summed E-state index contributed by atoms with van der Waals surface area (Å²) in [6.07, 6.45) is 0.150. The third-order valence-corrected chi connectivity index (χ3v) is 4.99. The number of ether oxygens (including phenoxy) is 1. The fraction of sp³-hybridized carbons (Fsp3) is 0.273. The first-order valence-electron chi connectivity index (χ1n) is 8.90. The second kappa shape index (κ2) is 6.77. The number of hydrogen-bond acceptors (Lipinski definition) is 3. The Hall–Kier alpha value is -2.52. The van der Waals surface area contributed by atoms with E-state index in [1.54, 1.807) is 0 Å². The van der Waals surface area contributed by atoms with Crippen LogP contribution in [-0.2, 0) is 0 Å². The summed E-state index contributed by atoms with van der Waals surface area (Å²) in [5, 5.41) is 6.27. The van der Waals surface area contributed by atoms with Crippen LogP contribution in [0.3, 0.4) is 0 Å². The number of benzene rings is 3. The zero-order valence-corrected chi connectivity index (χ0v) is 14.8. The highest BCUT2D eigenvalue weighted by Crippen LogP contribution is 2.32. The van der Waals surface area contributed by atoms with Crippen LogP contribution in [0.15, 0.2) is 66.7 Å². The van der Waals surface area contributed by atoms with Crippen molar-refractivity contribution in [3.05, 3.63) is 72.3 Å². The highest BCUT2D eigenvalue weighted by atomic mass is 16.5. The van der Waals surface area contributed by atoms with Gasteiger partial charge in [-0.3, -0.25) is 0 Å². The molecule has 0 radical (unpaired) electrons. The molecule has 2 atom stereocenters. The van der Waals surface area contributed by atoms with Gasteiger partial charge >= 0.3 is 0 Å². The van der Waals surface area contributed by atoms with E-state index < -0.39 is 0 Å². The summed E-state index contributed by atoms with van der Waals surface area (Å²) >= 11 is 0. The Balaban J connectivity index is 1.46. The number of hydrogen-bond donors (Lipinski definition) is 1. The van der Waals surface area contributed by atoms with Gasteiger partial charge in [-0.1, -0.05) is 54.6 Å². The smallest absolute Gasteiger partial charge is 0.143 e. The van der Waals surface area contributed by atoms with Crippen molar-refractivity contribution < 1.29 is 4.74 Å². The van der Waals surface area contributed by atoms with Gasteiger partial charge in [-0.15, -0.1) is 0 Å². The molecule has 3 nitrogen and oxygen atoms in total. The number of likely N-dealkylation sites (N-methyl/N-ethyl adjacent to an activating group) is 1. The van der Waals surface area contributed by atoms with Gasteiger partial charge in [-0.05, 0) is 35.4 Å². The van der Waals surface area contributed by atoms with Gasteiger partial charge in [-0.25, -0.2) is 0 Å². The first kappa shape index (κ1) is 16.0. The van der Waals surface area contributed by atoms with Crippen LogP contribution >= 0.6 is 0 Å². The van der Waals surface area contributed by atoms with Crippen molar-refractivity contribution in [2.45, 2.75) is 19.1 Å². The quantitative estimate of drug-likeness (QED) is 0.767. The van der Waals surface area contributed by atoms with Crippen LogP contribution < -0.4 is 15.0 Å². The van der Waals surface area contributed by atoms with Crippen molar-refractivity contribution in [1.29, 1.82) is 0 Å². The maximum Gasteiger partial charge on any atom is 0.143 e. The second-order valence-electron chi connectivity index (χ2n) is 6.79. The Morgan fingerprint density at radius 2 is 1.80 bits per heavy atom. The summed E-state index contributed by atoms with van der Waals surface area (Å²) in [5.41, 5.74) is 2.50. The molecule has 0 amide bonds. The largest absolute Gasteiger partial charge is 0.485 e. The maximum absolute atomic E-state index is 6.17. The Morgan fingerprint density at radius 1 is 1.04 bits per heavy atom. The lowest BCUT2D eigenvalue weighted by Gasteiger charge is -2.34. The Kier molecular flexibility index (Phi) is 4.33. The van der Waals surface area contributed by atoms with Crippen molar-refractivity contribution in [1.82, 2.24) is 5.32 Å². The van der Waals surface area contributed by atoms with E-state index in [0.717, 1.165) is 18.8 Å². The first-order chi connectivity index (χ1) is 12.2. The SMILES string of the molecule is C[C@@H](NCC1CN(C)c2ccccc2O1)c1cccc2ccccc12. The number of fused-ring (bicyclic) bond motifs is 2. The van der Waals surface area contributed by atoms with Crippen LogP contribution in [0.2, 0.25) is 0 Å². The third kappa shape index (κ3) is 3.20. The molecular formula is C22H24N2O. The molecule has 0 saturated carbocycles. The molecule has 0 bridgehead atoms. The normalized spacial score (nSPS) is 17.8. The number of nitrogens with zero attached hydrogens (tertiary/aromatic N) is 1. The maximum atomic E-state index is 6.17. The average molecular weight is 332 g/mol. The van der Waals surface area contributed by atoms with E-state index in [9.17, 15) is 0 Å². The molecule has 0 fully saturated rings. The van der Waals surface area contributed by atoms with Gasteiger partial charge in [0.15, 0.2) is 0 Å². The standard InChI is InChI=1S/C22H24N2O/c1-16(19-11-7-9-17-8-3-4-10-20(17)19)23-14-18-15-24(2)21-12-5-6-13-22(21)25-18/h3-13,16,18,23H,14-15H2,1-2H3/t16-,18?/m1/s1. The molecule has 3 aromatic rings. The molecule has 1 aliphatic rings. The van der Waals surface area contributed by atoms with Crippen LogP contribution in [0.5, 0.6) is 5.75 Å². The van der Waals surface area contributed by atoms with E-state index in [4.69, 9.17) is 4.74 Å². The summed E-state index contributed by atoms with van der Waals surface area (Å²) in [7, 11) is 2.13. The molecule has 25 heavy (non-hydrogen) atoms. The van der Waals surface area contributed by atoms with Crippen molar-refractivity contribution in [2.24, 2.45) is 0 Å². The van der Waals surface area contributed by atoms with E-state index in [2.05, 4.69) is 78.8 Å². The lowest BCUT2D eigenvalue weighted by Crippen LogP contribution is -2.44. The van der Waals surface area contributed by atoms with Gasteiger partial charge in [0.05, 0.1) is 12.2 Å². The molecule has 0 spiro atoms. The summed E-state index contributed by atoms with van der Waals surface area (Å²) in [5.74, 6) is 0.973. The number of nitrogens with one attached hydrogen (secondary N) is 1. The summed E-state index contributed by atoms with van der Waals surface area (Å²) < 4.78 is 6.17. The molecule has 0 saturated heterocycles. The van der Waals surface area contributed by atoms with Crippen LogP contribution in [-0.4, -0.2) is 26.2 Å². The summed E-state index contributed by atoms with van der Waals surface area (Å²) in [4.78, 5) is 2.27. The fourth-order valence-electron chi connectivity index (χ4n) is 3.65. The van der Waals surface area contributed by atoms with Gasteiger partial charge in [-0.2, -0.15) is 0 Å². The minimum atomic E-state index is 0.150. The zero-order valence-electron chi connectivity index (χ0n) is 14.8. The molecular weight excluding hydrogens is 308 g/mol. The van der Waals surface area contributed by atoms with Crippen molar-refractivity contribution in [3.63, 3.8) is 0 Å². The molecule has 1 aliphatic heterocycles. The summed E-state index contributed by atoms with van der Waals surface area (Å²) in [6, 6.07) is 23.6. The highest BCUT2D eigenvalue weighted by molar-refractivity contribution is 5.86. The van der Waals surface area contributed by atoms with Gasteiger partial charge in [0.1, 0.15) is 11.9 Å². The number of rotatable bonds is 4. The Morgan fingerprint density at radius 3 is 2.72 bits per heavy atom. The molecule has 3 heteroatoms. The molecule has 4 rings (SSSR count). The van der Waals surface area contributed by atoms with E-state index in [-0.39, 0.29) is 12.1 Å².